The number of nitro groups is 2. The molecule has 0 aliphatic heterocycles. The Morgan fingerprint density at radius 3 is 1.32 bits per heavy atom. The lowest BCUT2D eigenvalue weighted by Crippen LogP contribution is -2.40. The number of benzene rings is 2. The molecule has 0 saturated carbocycles. The van der Waals surface area contributed by atoms with Gasteiger partial charge in [-0.05, 0) is 24.3 Å². The zero-order valence-electron chi connectivity index (χ0n) is 12.4. The molecule has 11 heteroatoms. The molecule has 2 aromatic carbocycles. The molecule has 0 heterocycles. The van der Waals surface area contributed by atoms with Crippen LogP contribution < -0.4 is 10.6 Å². The standard InChI is InChI=1S/C14H11Cl3N4O4/c15-14(16,17)13(18-9-1-5-11(6-2-9)20(22)23)19-10-3-7-12(8-4-10)21(24)25/h1-8,13,18-19H. The van der Waals surface area contributed by atoms with Crippen molar-refractivity contribution in [1.29, 1.82) is 0 Å². The maximum Gasteiger partial charge on any atom is 0.269 e. The number of nitro benzene ring substituents is 2. The molecule has 0 amide bonds. The molecule has 25 heavy (non-hydrogen) atoms. The monoisotopic (exact) mass is 404 g/mol. The van der Waals surface area contributed by atoms with Crippen LogP contribution in [0.3, 0.4) is 0 Å². The van der Waals surface area contributed by atoms with Crippen LogP contribution in [0.5, 0.6) is 0 Å². The fraction of sp³-hybridized carbons (Fsp3) is 0.143. The molecule has 0 fully saturated rings. The molecular weight excluding hydrogens is 395 g/mol. The fourth-order valence-electron chi connectivity index (χ4n) is 1.89. The highest BCUT2D eigenvalue weighted by Gasteiger charge is 2.33. The number of alkyl halides is 3. The maximum atomic E-state index is 10.7. The van der Waals surface area contributed by atoms with Crippen molar-refractivity contribution in [2.75, 3.05) is 10.6 Å². The highest BCUT2D eigenvalue weighted by molar-refractivity contribution is 6.68. The molecule has 0 atom stereocenters. The molecule has 2 N–H and O–H groups in total. The van der Waals surface area contributed by atoms with E-state index in [4.69, 9.17) is 34.8 Å². The van der Waals surface area contributed by atoms with Crippen LogP contribution >= 0.6 is 34.8 Å². The van der Waals surface area contributed by atoms with Gasteiger partial charge in [-0.2, -0.15) is 0 Å². The van der Waals surface area contributed by atoms with Gasteiger partial charge in [-0.25, -0.2) is 0 Å². The van der Waals surface area contributed by atoms with Crippen molar-refractivity contribution < 1.29 is 9.85 Å². The Bertz CT molecular complexity index is 704. The van der Waals surface area contributed by atoms with E-state index in [0.717, 1.165) is 0 Å². The summed E-state index contributed by atoms with van der Waals surface area (Å²) in [6.07, 6.45) is -0.902. The van der Waals surface area contributed by atoms with Crippen molar-refractivity contribution >= 4 is 57.6 Å². The Labute approximate surface area is 157 Å². The smallest absolute Gasteiger partial charge is 0.269 e. The minimum Gasteiger partial charge on any atom is -0.362 e. The second-order valence-electron chi connectivity index (χ2n) is 4.87. The van der Waals surface area contributed by atoms with Gasteiger partial charge in [-0.15, -0.1) is 0 Å². The molecule has 0 bridgehead atoms. The van der Waals surface area contributed by atoms with Crippen LogP contribution in [0, 0.1) is 20.2 Å². The highest BCUT2D eigenvalue weighted by atomic mass is 35.6. The Hall–Kier alpha value is -2.29. The zero-order chi connectivity index (χ0) is 18.6. The molecule has 8 nitrogen and oxygen atoms in total. The quantitative estimate of drug-likeness (QED) is 0.311. The molecule has 2 rings (SSSR count). The Kier molecular flexibility index (Phi) is 5.89. The van der Waals surface area contributed by atoms with Crippen LogP contribution in [-0.2, 0) is 0 Å². The predicted octanol–water partition coefficient (Wildman–Crippen LogP) is 4.72. The van der Waals surface area contributed by atoms with E-state index in [1.54, 1.807) is 0 Å². The van der Waals surface area contributed by atoms with Crippen molar-refractivity contribution in [3.63, 3.8) is 0 Å². The summed E-state index contributed by atoms with van der Waals surface area (Å²) in [7, 11) is 0. The van der Waals surface area contributed by atoms with Gasteiger partial charge in [0.15, 0.2) is 0 Å². The molecule has 132 valence electrons. The lowest BCUT2D eigenvalue weighted by Gasteiger charge is -2.28. The average molecular weight is 406 g/mol. The van der Waals surface area contributed by atoms with Gasteiger partial charge in [0.05, 0.1) is 9.85 Å². The van der Waals surface area contributed by atoms with Gasteiger partial charge in [0.25, 0.3) is 11.4 Å². The normalized spacial score (nSPS) is 11.2. The summed E-state index contributed by atoms with van der Waals surface area (Å²) in [5, 5.41) is 27.2. The third kappa shape index (κ3) is 5.35. The summed E-state index contributed by atoms with van der Waals surface area (Å²) in [6, 6.07) is 11.1. The second kappa shape index (κ2) is 7.73. The Morgan fingerprint density at radius 2 is 1.08 bits per heavy atom. The topological polar surface area (TPSA) is 110 Å². The van der Waals surface area contributed by atoms with Gasteiger partial charge in [0.1, 0.15) is 6.17 Å². The van der Waals surface area contributed by atoms with Gasteiger partial charge in [0, 0.05) is 35.6 Å². The summed E-state index contributed by atoms with van der Waals surface area (Å²) < 4.78 is -1.77. The number of rotatable bonds is 6. The number of nitrogens with one attached hydrogen (secondary N) is 2. The van der Waals surface area contributed by atoms with Crippen molar-refractivity contribution in [2.24, 2.45) is 0 Å². The van der Waals surface area contributed by atoms with Crippen molar-refractivity contribution in [2.45, 2.75) is 9.96 Å². The number of nitrogens with zero attached hydrogens (tertiary/aromatic N) is 2. The third-order valence-corrected chi connectivity index (χ3v) is 3.76. The summed E-state index contributed by atoms with van der Waals surface area (Å²) in [5.41, 5.74) is 0.825. The molecule has 0 aliphatic rings. The maximum absolute atomic E-state index is 10.7. The SMILES string of the molecule is O=[N+]([O-])c1ccc(NC(Nc2ccc([N+](=O)[O-])cc2)C(Cl)(Cl)Cl)cc1. The predicted molar refractivity (Wildman–Crippen MR) is 97.5 cm³/mol. The van der Waals surface area contributed by atoms with E-state index in [1.807, 2.05) is 0 Å². The molecule has 0 unspecified atom stereocenters. The zero-order valence-corrected chi connectivity index (χ0v) is 14.6. The van der Waals surface area contributed by atoms with Crippen molar-refractivity contribution in [3.05, 3.63) is 68.8 Å². The molecule has 0 saturated heterocycles. The summed E-state index contributed by atoms with van der Waals surface area (Å²) in [5.74, 6) is 0. The van der Waals surface area contributed by atoms with Crippen LogP contribution in [-0.4, -0.2) is 19.8 Å². The first-order valence-electron chi connectivity index (χ1n) is 6.75. The van der Waals surface area contributed by atoms with E-state index in [-0.39, 0.29) is 11.4 Å². The van der Waals surface area contributed by atoms with E-state index in [9.17, 15) is 20.2 Å². The van der Waals surface area contributed by atoms with Crippen LogP contribution in [0.4, 0.5) is 22.7 Å². The van der Waals surface area contributed by atoms with Gasteiger partial charge in [-0.1, -0.05) is 34.8 Å². The molecular formula is C14H11Cl3N4O4. The van der Waals surface area contributed by atoms with Gasteiger partial charge in [0.2, 0.25) is 3.79 Å². The largest absolute Gasteiger partial charge is 0.362 e. The van der Waals surface area contributed by atoms with E-state index < -0.39 is 19.8 Å². The van der Waals surface area contributed by atoms with Gasteiger partial charge >= 0.3 is 0 Å². The Balaban J connectivity index is 2.16. The van der Waals surface area contributed by atoms with E-state index in [0.29, 0.717) is 11.4 Å². The van der Waals surface area contributed by atoms with Crippen LogP contribution in [0.2, 0.25) is 0 Å². The number of halogens is 3. The second-order valence-corrected chi connectivity index (χ2v) is 7.24. The number of non-ortho nitro benzene ring substituents is 2. The van der Waals surface area contributed by atoms with Crippen LogP contribution in [0.1, 0.15) is 0 Å². The van der Waals surface area contributed by atoms with E-state index in [2.05, 4.69) is 10.6 Å². The molecule has 0 aliphatic carbocycles. The number of anilines is 2. The molecule has 0 radical (unpaired) electrons. The molecule has 2 aromatic rings. The fourth-order valence-corrected chi connectivity index (χ4v) is 2.22. The first-order chi connectivity index (χ1) is 11.7. The summed E-state index contributed by atoms with van der Waals surface area (Å²) in [6.45, 7) is 0. The summed E-state index contributed by atoms with van der Waals surface area (Å²) in [4.78, 5) is 20.3. The lowest BCUT2D eigenvalue weighted by molar-refractivity contribution is -0.385. The van der Waals surface area contributed by atoms with Crippen LogP contribution in [0.25, 0.3) is 0 Å². The first-order valence-corrected chi connectivity index (χ1v) is 7.89. The Morgan fingerprint density at radius 1 is 0.760 bits per heavy atom. The lowest BCUT2D eigenvalue weighted by atomic mass is 10.2. The summed E-state index contributed by atoms with van der Waals surface area (Å²) >= 11 is 17.9. The van der Waals surface area contributed by atoms with Gasteiger partial charge in [-0.3, -0.25) is 20.2 Å². The van der Waals surface area contributed by atoms with Crippen molar-refractivity contribution in [3.8, 4) is 0 Å². The van der Waals surface area contributed by atoms with Crippen LogP contribution in [0.15, 0.2) is 48.5 Å². The third-order valence-electron chi connectivity index (χ3n) is 3.11. The van der Waals surface area contributed by atoms with E-state index in [1.165, 1.54) is 48.5 Å². The first kappa shape index (κ1) is 19.0. The number of hydrogen-bond donors (Lipinski definition) is 2. The molecule has 0 spiro atoms. The highest BCUT2D eigenvalue weighted by Crippen LogP contribution is 2.33. The van der Waals surface area contributed by atoms with Crippen molar-refractivity contribution in [1.82, 2.24) is 0 Å². The molecule has 0 aromatic heterocycles. The minimum atomic E-state index is -1.77. The minimum absolute atomic E-state index is 0.0701. The number of hydrogen-bond acceptors (Lipinski definition) is 6. The van der Waals surface area contributed by atoms with E-state index >= 15 is 0 Å². The average Bonchev–Trinajstić information content (AvgIpc) is 2.54. The van der Waals surface area contributed by atoms with Gasteiger partial charge < -0.3 is 10.6 Å².